The minimum atomic E-state index is -0.511. The molecule has 2 aliphatic heterocycles. The van der Waals surface area contributed by atoms with Gasteiger partial charge in [-0.1, -0.05) is 12.1 Å². The lowest BCUT2D eigenvalue weighted by atomic mass is 10.2. The molecule has 0 aromatic heterocycles. The summed E-state index contributed by atoms with van der Waals surface area (Å²) in [6.07, 6.45) is 1.60. The Hall–Kier alpha value is -3.46. The molecule has 8 nitrogen and oxygen atoms in total. The van der Waals surface area contributed by atoms with Gasteiger partial charge in [-0.2, -0.15) is 0 Å². The second-order valence-electron chi connectivity index (χ2n) is 6.16. The van der Waals surface area contributed by atoms with E-state index in [1.165, 1.54) is 0 Å². The smallest absolute Gasteiger partial charge is 0.294 e. The fourth-order valence-corrected chi connectivity index (χ4v) is 3.68. The molecule has 29 heavy (non-hydrogen) atoms. The summed E-state index contributed by atoms with van der Waals surface area (Å²) in [5.41, 5.74) is 1.21. The van der Waals surface area contributed by atoms with Crippen molar-refractivity contribution >= 4 is 40.6 Å². The maximum Gasteiger partial charge on any atom is 0.294 e. The van der Waals surface area contributed by atoms with Crippen LogP contribution in [-0.4, -0.2) is 42.4 Å². The molecule has 0 saturated carbocycles. The van der Waals surface area contributed by atoms with Crippen LogP contribution in [0.2, 0.25) is 0 Å². The van der Waals surface area contributed by atoms with Gasteiger partial charge in [0.25, 0.3) is 11.1 Å². The van der Waals surface area contributed by atoms with Crippen molar-refractivity contribution in [2.45, 2.75) is 0 Å². The molecule has 148 valence electrons. The maximum absolute atomic E-state index is 12.6. The summed E-state index contributed by atoms with van der Waals surface area (Å²) < 4.78 is 15.6. The molecule has 0 atom stereocenters. The zero-order valence-corrected chi connectivity index (χ0v) is 16.2. The van der Waals surface area contributed by atoms with E-state index in [2.05, 4.69) is 5.32 Å². The highest BCUT2D eigenvalue weighted by molar-refractivity contribution is 8.18. The molecule has 1 N–H and O–H groups in total. The number of fused-ring (bicyclic) bond motifs is 1. The highest BCUT2D eigenvalue weighted by Crippen LogP contribution is 2.35. The number of carbonyl (C=O) groups excluding carboxylic acids is 3. The third-order valence-corrected chi connectivity index (χ3v) is 5.13. The Labute approximate surface area is 170 Å². The first kappa shape index (κ1) is 18.9. The molecule has 0 unspecified atom stereocenters. The first-order valence-electron chi connectivity index (χ1n) is 8.62. The largest absolute Gasteiger partial charge is 0.497 e. The van der Waals surface area contributed by atoms with E-state index < -0.39 is 17.1 Å². The summed E-state index contributed by atoms with van der Waals surface area (Å²) in [6.45, 7) is -0.252. The number of hydrogen-bond donors (Lipinski definition) is 1. The van der Waals surface area contributed by atoms with Crippen LogP contribution in [0.15, 0.2) is 47.4 Å². The van der Waals surface area contributed by atoms with Crippen molar-refractivity contribution in [2.24, 2.45) is 0 Å². The molecule has 4 rings (SSSR count). The normalized spacial score (nSPS) is 16.4. The van der Waals surface area contributed by atoms with Gasteiger partial charge in [-0.3, -0.25) is 19.3 Å². The number of thioether (sulfide) groups is 1. The van der Waals surface area contributed by atoms with Gasteiger partial charge in [0.1, 0.15) is 12.3 Å². The van der Waals surface area contributed by atoms with Gasteiger partial charge in [0.05, 0.1) is 12.0 Å². The molecule has 2 aromatic rings. The summed E-state index contributed by atoms with van der Waals surface area (Å²) in [5, 5.41) is 2.16. The Balaban J connectivity index is 1.43. The summed E-state index contributed by atoms with van der Waals surface area (Å²) in [5.74, 6) is 0.755. The SMILES string of the molecule is COc1cccc(/C=C2/SC(=O)N(CC(=O)Nc3ccc4c(c3)OCO4)C2=O)c1. The molecule has 0 aliphatic carbocycles. The van der Waals surface area contributed by atoms with Crippen LogP contribution in [0.25, 0.3) is 6.08 Å². The molecular formula is C20H16N2O6S. The average molecular weight is 412 g/mol. The molecular weight excluding hydrogens is 396 g/mol. The Bertz CT molecular complexity index is 1040. The standard InChI is InChI=1S/C20H16N2O6S/c1-26-14-4-2-3-12(7-14)8-17-19(24)22(20(25)29-17)10-18(23)21-13-5-6-15-16(9-13)28-11-27-15/h2-9H,10-11H2,1H3,(H,21,23)/b17-8+. The van der Waals surface area contributed by atoms with Gasteiger partial charge in [0.15, 0.2) is 11.5 Å². The maximum atomic E-state index is 12.6. The van der Waals surface area contributed by atoms with Crippen molar-refractivity contribution in [1.29, 1.82) is 0 Å². The number of nitrogens with one attached hydrogen (secondary N) is 1. The lowest BCUT2D eigenvalue weighted by Gasteiger charge is -2.12. The van der Waals surface area contributed by atoms with E-state index in [1.807, 2.05) is 0 Å². The Morgan fingerprint density at radius 1 is 1.21 bits per heavy atom. The number of benzene rings is 2. The van der Waals surface area contributed by atoms with E-state index >= 15 is 0 Å². The van der Waals surface area contributed by atoms with Crippen LogP contribution in [0.5, 0.6) is 17.2 Å². The first-order chi connectivity index (χ1) is 14.0. The average Bonchev–Trinajstić information content (AvgIpc) is 3.28. The number of imide groups is 1. The van der Waals surface area contributed by atoms with E-state index in [0.29, 0.717) is 22.9 Å². The summed E-state index contributed by atoms with van der Waals surface area (Å²) in [4.78, 5) is 38.3. The highest BCUT2D eigenvalue weighted by Gasteiger charge is 2.36. The second-order valence-corrected chi connectivity index (χ2v) is 7.15. The molecule has 0 bridgehead atoms. The van der Waals surface area contributed by atoms with Crippen LogP contribution in [0.1, 0.15) is 5.56 Å². The first-order valence-corrected chi connectivity index (χ1v) is 9.44. The molecule has 2 aliphatic rings. The number of anilines is 1. The van der Waals surface area contributed by atoms with Gasteiger partial charge in [0, 0.05) is 11.8 Å². The summed E-state index contributed by atoms with van der Waals surface area (Å²) in [7, 11) is 1.55. The van der Waals surface area contributed by atoms with E-state index in [0.717, 1.165) is 22.2 Å². The van der Waals surface area contributed by atoms with E-state index in [9.17, 15) is 14.4 Å². The van der Waals surface area contributed by atoms with Crippen molar-refractivity contribution in [1.82, 2.24) is 4.90 Å². The predicted molar refractivity (Wildman–Crippen MR) is 107 cm³/mol. The van der Waals surface area contributed by atoms with Crippen LogP contribution in [0.3, 0.4) is 0 Å². The van der Waals surface area contributed by atoms with Crippen LogP contribution in [0, 0.1) is 0 Å². The van der Waals surface area contributed by atoms with Crippen LogP contribution < -0.4 is 19.5 Å². The molecule has 2 aromatic carbocycles. The summed E-state index contributed by atoms with van der Waals surface area (Å²) in [6, 6.07) is 12.1. The topological polar surface area (TPSA) is 94.2 Å². The van der Waals surface area contributed by atoms with Crippen LogP contribution in [0.4, 0.5) is 10.5 Å². The fraction of sp³-hybridized carbons (Fsp3) is 0.150. The Morgan fingerprint density at radius 3 is 2.86 bits per heavy atom. The second kappa shape index (κ2) is 7.88. The molecule has 3 amide bonds. The van der Waals surface area contributed by atoms with E-state index in [4.69, 9.17) is 14.2 Å². The lowest BCUT2D eigenvalue weighted by Crippen LogP contribution is -2.36. The highest BCUT2D eigenvalue weighted by atomic mass is 32.2. The van der Waals surface area contributed by atoms with Crippen LogP contribution in [-0.2, 0) is 9.59 Å². The van der Waals surface area contributed by atoms with Gasteiger partial charge in [-0.05, 0) is 47.7 Å². The van der Waals surface area contributed by atoms with Crippen molar-refractivity contribution in [3.8, 4) is 17.2 Å². The zero-order valence-electron chi connectivity index (χ0n) is 15.3. The van der Waals surface area contributed by atoms with Crippen molar-refractivity contribution in [3.05, 3.63) is 52.9 Å². The number of carbonyl (C=O) groups is 3. The van der Waals surface area contributed by atoms with Crippen molar-refractivity contribution in [3.63, 3.8) is 0 Å². The number of methoxy groups -OCH3 is 1. The number of rotatable bonds is 5. The van der Waals surface area contributed by atoms with E-state index in [-0.39, 0.29) is 18.2 Å². The fourth-order valence-electron chi connectivity index (χ4n) is 2.84. The van der Waals surface area contributed by atoms with Gasteiger partial charge in [-0.15, -0.1) is 0 Å². The molecule has 0 radical (unpaired) electrons. The molecule has 1 fully saturated rings. The van der Waals surface area contributed by atoms with Gasteiger partial charge >= 0.3 is 0 Å². The number of nitrogens with zero attached hydrogens (tertiary/aromatic N) is 1. The lowest BCUT2D eigenvalue weighted by molar-refractivity contribution is -0.127. The number of amides is 3. The molecule has 2 heterocycles. The Kier molecular flexibility index (Phi) is 5.13. The number of hydrogen-bond acceptors (Lipinski definition) is 7. The minimum Gasteiger partial charge on any atom is -0.497 e. The van der Waals surface area contributed by atoms with Crippen molar-refractivity contribution in [2.75, 3.05) is 25.8 Å². The predicted octanol–water partition coefficient (Wildman–Crippen LogP) is 3.10. The van der Waals surface area contributed by atoms with E-state index in [1.54, 1.807) is 55.7 Å². The third kappa shape index (κ3) is 4.04. The van der Waals surface area contributed by atoms with Crippen LogP contribution >= 0.6 is 11.8 Å². The summed E-state index contributed by atoms with van der Waals surface area (Å²) >= 11 is 0.796. The zero-order chi connectivity index (χ0) is 20.4. The third-order valence-electron chi connectivity index (χ3n) is 4.22. The quantitative estimate of drug-likeness (QED) is 0.754. The van der Waals surface area contributed by atoms with Gasteiger partial charge in [0.2, 0.25) is 12.7 Å². The molecule has 0 spiro atoms. The van der Waals surface area contributed by atoms with Gasteiger partial charge < -0.3 is 19.5 Å². The van der Waals surface area contributed by atoms with Gasteiger partial charge in [-0.25, -0.2) is 0 Å². The monoisotopic (exact) mass is 412 g/mol. The Morgan fingerprint density at radius 2 is 2.03 bits per heavy atom. The molecule has 9 heteroatoms. The molecule has 1 saturated heterocycles. The number of ether oxygens (including phenoxy) is 3. The van der Waals surface area contributed by atoms with Crippen molar-refractivity contribution < 1.29 is 28.6 Å². The minimum absolute atomic E-state index is 0.128.